The van der Waals surface area contributed by atoms with Gasteiger partial charge < -0.3 is 24.3 Å². The lowest BCUT2D eigenvalue weighted by molar-refractivity contribution is 0.0365. The van der Waals surface area contributed by atoms with E-state index in [1.807, 2.05) is 12.3 Å². The van der Waals surface area contributed by atoms with Crippen molar-refractivity contribution in [3.63, 3.8) is 0 Å². The van der Waals surface area contributed by atoms with Gasteiger partial charge in [-0.1, -0.05) is 6.07 Å². The second-order valence-corrected chi connectivity index (χ2v) is 9.23. The van der Waals surface area contributed by atoms with Crippen molar-refractivity contribution in [2.24, 2.45) is 0 Å². The van der Waals surface area contributed by atoms with E-state index in [0.29, 0.717) is 6.10 Å². The molecule has 3 atom stereocenters. The molecule has 3 aliphatic rings. The second-order valence-electron chi connectivity index (χ2n) is 8.85. The van der Waals surface area contributed by atoms with Gasteiger partial charge in [0.2, 0.25) is 0 Å². The summed E-state index contributed by atoms with van der Waals surface area (Å²) in [5.41, 5.74) is 2.30. The van der Waals surface area contributed by atoms with E-state index in [1.54, 1.807) is 0 Å². The van der Waals surface area contributed by atoms with Gasteiger partial charge in [0.05, 0.1) is 37.1 Å². The molecule has 7 nitrogen and oxygen atoms in total. The van der Waals surface area contributed by atoms with Crippen molar-refractivity contribution >= 4 is 17.3 Å². The topological polar surface area (TPSA) is 54.8 Å². The van der Waals surface area contributed by atoms with Gasteiger partial charge in [-0.25, -0.2) is 0 Å². The number of morpholine rings is 1. The van der Waals surface area contributed by atoms with Crippen LogP contribution in [0.5, 0.6) is 0 Å². The quantitative estimate of drug-likeness (QED) is 0.615. The van der Waals surface area contributed by atoms with Gasteiger partial charge in [-0.2, -0.15) is 0 Å². The summed E-state index contributed by atoms with van der Waals surface area (Å²) in [4.78, 5) is 9.53. The number of nitrogens with one attached hydrogen (secondary N) is 1. The minimum atomic E-state index is 0.0326. The average Bonchev–Trinajstić information content (AvgIpc) is 3.57. The van der Waals surface area contributed by atoms with E-state index >= 15 is 0 Å². The van der Waals surface area contributed by atoms with Gasteiger partial charge >= 0.3 is 0 Å². The van der Waals surface area contributed by atoms with Crippen molar-refractivity contribution in [2.45, 2.75) is 44.0 Å². The minimum Gasteiger partial charge on any atom is -0.379 e. The molecule has 3 fully saturated rings. The summed E-state index contributed by atoms with van der Waals surface area (Å²) in [6.45, 7) is 7.47. The van der Waals surface area contributed by atoms with Gasteiger partial charge in [-0.05, 0) is 55.7 Å². The molecule has 5 heterocycles. The molecule has 0 saturated carbocycles. The van der Waals surface area contributed by atoms with Crippen LogP contribution in [-0.2, 0) is 16.0 Å². The van der Waals surface area contributed by atoms with Gasteiger partial charge in [-0.3, -0.25) is 9.88 Å². The summed E-state index contributed by atoms with van der Waals surface area (Å²) < 4.78 is 13.8. The first-order chi connectivity index (χ1) is 15.8. The lowest BCUT2D eigenvalue weighted by atomic mass is 10.0. The molecule has 0 aromatic carbocycles. The van der Waals surface area contributed by atoms with Crippen molar-refractivity contribution < 1.29 is 9.47 Å². The molecule has 0 radical (unpaired) electrons. The maximum atomic E-state index is 5.93. The van der Waals surface area contributed by atoms with E-state index in [2.05, 4.69) is 55.1 Å². The Bertz CT molecular complexity index is 880. The maximum Gasteiger partial charge on any atom is 0.170 e. The highest BCUT2D eigenvalue weighted by molar-refractivity contribution is 7.80. The van der Waals surface area contributed by atoms with Crippen molar-refractivity contribution in [3.05, 3.63) is 54.1 Å². The van der Waals surface area contributed by atoms with Gasteiger partial charge in [0, 0.05) is 57.4 Å². The fourth-order valence-electron chi connectivity index (χ4n) is 5.13. The van der Waals surface area contributed by atoms with Crippen LogP contribution in [0, 0.1) is 0 Å². The third-order valence-corrected chi connectivity index (χ3v) is 7.12. The SMILES string of the molecule is S=C1N[C@H](c2ccccn2)[C@H](c2cccn2C[C@@H]2CCCO2)N1CCCN1CCOCC1. The summed E-state index contributed by atoms with van der Waals surface area (Å²) in [5.74, 6) is 0. The molecule has 0 amide bonds. The molecule has 8 heteroatoms. The fraction of sp³-hybridized carbons (Fsp3) is 0.583. The van der Waals surface area contributed by atoms with Gasteiger partial charge in [0.1, 0.15) is 0 Å². The average molecular weight is 456 g/mol. The normalized spacial score (nSPS) is 26.6. The lowest BCUT2D eigenvalue weighted by Gasteiger charge is -2.31. The van der Waals surface area contributed by atoms with E-state index in [0.717, 1.165) is 82.6 Å². The molecule has 2 aromatic heterocycles. The highest BCUT2D eigenvalue weighted by Gasteiger charge is 2.41. The first-order valence-electron chi connectivity index (χ1n) is 11.8. The Morgan fingerprint density at radius 3 is 2.78 bits per heavy atom. The number of ether oxygens (including phenoxy) is 2. The minimum absolute atomic E-state index is 0.0326. The molecule has 1 N–H and O–H groups in total. The van der Waals surface area contributed by atoms with Crippen LogP contribution < -0.4 is 5.32 Å². The van der Waals surface area contributed by atoms with Gasteiger partial charge in [0.15, 0.2) is 5.11 Å². The molecular formula is C24H33N5O2S. The molecule has 3 aliphatic heterocycles. The van der Waals surface area contributed by atoms with Crippen molar-refractivity contribution in [2.75, 3.05) is 46.0 Å². The molecule has 0 unspecified atom stereocenters. The third-order valence-electron chi connectivity index (χ3n) is 6.77. The summed E-state index contributed by atoms with van der Waals surface area (Å²) >= 11 is 5.84. The number of hydrogen-bond acceptors (Lipinski definition) is 5. The van der Waals surface area contributed by atoms with Crippen molar-refractivity contribution in [3.8, 4) is 0 Å². The number of aromatic nitrogens is 2. The zero-order valence-corrected chi connectivity index (χ0v) is 19.4. The van der Waals surface area contributed by atoms with Crippen LogP contribution >= 0.6 is 12.2 Å². The number of pyridine rings is 1. The van der Waals surface area contributed by atoms with Gasteiger partial charge in [-0.15, -0.1) is 0 Å². The Morgan fingerprint density at radius 2 is 2.00 bits per heavy atom. The highest BCUT2D eigenvalue weighted by Crippen LogP contribution is 2.39. The molecule has 32 heavy (non-hydrogen) atoms. The number of rotatable bonds is 8. The first kappa shape index (κ1) is 21.8. The largest absolute Gasteiger partial charge is 0.379 e. The molecule has 5 rings (SSSR count). The standard InChI is InChI=1S/C24H33N5O2S/c32-24-26-22(20-7-1-2-9-25-20)23(29(24)12-5-10-27-13-16-30-17-14-27)21-8-3-11-28(21)18-19-6-4-15-31-19/h1-3,7-9,11,19,22-23H,4-6,10,12-18H2,(H,26,32)/t19-,22+,23-/m0/s1. The Labute approximate surface area is 195 Å². The van der Waals surface area contributed by atoms with Crippen LogP contribution in [0.3, 0.4) is 0 Å². The molecule has 3 saturated heterocycles. The summed E-state index contributed by atoms with van der Waals surface area (Å²) in [6.07, 6.45) is 7.70. The third kappa shape index (κ3) is 4.83. The summed E-state index contributed by atoms with van der Waals surface area (Å²) in [7, 11) is 0. The van der Waals surface area contributed by atoms with Crippen molar-refractivity contribution in [1.82, 2.24) is 24.7 Å². The lowest BCUT2D eigenvalue weighted by Crippen LogP contribution is -2.39. The monoisotopic (exact) mass is 455 g/mol. The summed E-state index contributed by atoms with van der Waals surface area (Å²) in [5, 5.41) is 4.40. The van der Waals surface area contributed by atoms with E-state index in [-0.39, 0.29) is 12.1 Å². The zero-order chi connectivity index (χ0) is 21.8. The predicted octanol–water partition coefficient (Wildman–Crippen LogP) is 2.76. The predicted molar refractivity (Wildman–Crippen MR) is 127 cm³/mol. The Morgan fingerprint density at radius 1 is 1.09 bits per heavy atom. The van der Waals surface area contributed by atoms with Crippen LogP contribution in [-0.4, -0.2) is 76.6 Å². The van der Waals surface area contributed by atoms with Crippen molar-refractivity contribution in [1.29, 1.82) is 0 Å². The maximum absolute atomic E-state index is 5.93. The Balaban J connectivity index is 1.36. The zero-order valence-electron chi connectivity index (χ0n) is 18.6. The first-order valence-corrected chi connectivity index (χ1v) is 12.3. The van der Waals surface area contributed by atoms with Crippen LogP contribution in [0.2, 0.25) is 0 Å². The van der Waals surface area contributed by atoms with Gasteiger partial charge in [0.25, 0.3) is 0 Å². The number of nitrogens with zero attached hydrogens (tertiary/aromatic N) is 4. The Hall–Kier alpha value is -2.00. The van der Waals surface area contributed by atoms with E-state index in [9.17, 15) is 0 Å². The fourth-order valence-corrected chi connectivity index (χ4v) is 5.46. The Kier molecular flexibility index (Phi) is 7.02. The second kappa shape index (κ2) is 10.3. The molecule has 0 aliphatic carbocycles. The van der Waals surface area contributed by atoms with Crippen LogP contribution in [0.15, 0.2) is 42.7 Å². The molecule has 172 valence electrons. The molecule has 2 aromatic rings. The van der Waals surface area contributed by atoms with Crippen LogP contribution in [0.25, 0.3) is 0 Å². The van der Waals surface area contributed by atoms with E-state index in [1.165, 1.54) is 5.69 Å². The van der Waals surface area contributed by atoms with E-state index in [4.69, 9.17) is 21.7 Å². The van der Waals surface area contributed by atoms with Crippen LogP contribution in [0.1, 0.15) is 42.7 Å². The number of hydrogen-bond donors (Lipinski definition) is 1. The summed E-state index contributed by atoms with van der Waals surface area (Å²) in [6, 6.07) is 10.6. The molecule has 0 bridgehead atoms. The molecular weight excluding hydrogens is 422 g/mol. The number of thiocarbonyl (C=S) groups is 1. The molecule has 0 spiro atoms. The van der Waals surface area contributed by atoms with E-state index < -0.39 is 0 Å². The highest BCUT2D eigenvalue weighted by atomic mass is 32.1. The van der Waals surface area contributed by atoms with Crippen LogP contribution in [0.4, 0.5) is 0 Å². The smallest absolute Gasteiger partial charge is 0.170 e.